The number of nitrogens with one attached hydrogen (secondary N) is 1. The largest absolute Gasteiger partial charge is 0.418 e. The molecule has 0 spiro atoms. The van der Waals surface area contributed by atoms with Crippen LogP contribution < -0.4 is 5.76 Å². The highest BCUT2D eigenvalue weighted by atomic mass is 16.4. The molecule has 1 N–H and O–H groups in total. The minimum Gasteiger partial charge on any atom is -0.406 e. The van der Waals surface area contributed by atoms with Crippen molar-refractivity contribution in [2.45, 2.75) is 19.8 Å². The fourth-order valence-corrected chi connectivity index (χ4v) is 1.18. The maximum Gasteiger partial charge on any atom is 0.418 e. The van der Waals surface area contributed by atoms with Crippen molar-refractivity contribution in [3.63, 3.8) is 0 Å². The number of H-pyrrole nitrogens is 1. The summed E-state index contributed by atoms with van der Waals surface area (Å²) >= 11 is 0. The van der Waals surface area contributed by atoms with Crippen molar-refractivity contribution in [2.24, 2.45) is 0 Å². The summed E-state index contributed by atoms with van der Waals surface area (Å²) in [6.07, 6.45) is 0. The first kappa shape index (κ1) is 8.04. The van der Waals surface area contributed by atoms with Crippen LogP contribution >= 0.6 is 0 Å². The fraction of sp³-hybridized carbons (Fsp3) is 0.333. The monoisotopic (exact) mass is 178 g/mol. The van der Waals surface area contributed by atoms with Crippen LogP contribution in [0.4, 0.5) is 0 Å². The molecule has 0 aliphatic rings. The molecule has 2 heterocycles. The molecule has 2 aromatic heterocycles. The lowest BCUT2D eigenvalue weighted by molar-refractivity contribution is 0.555. The molecule has 0 saturated heterocycles. The van der Waals surface area contributed by atoms with E-state index in [0.717, 1.165) is 5.69 Å². The maximum absolute atomic E-state index is 10.8. The van der Waals surface area contributed by atoms with Gasteiger partial charge in [0.1, 0.15) is 0 Å². The van der Waals surface area contributed by atoms with E-state index >= 15 is 0 Å². The molecule has 2 rings (SSSR count). The standard InChI is InChI=1S/C9H10N2O2/c1-5(2)6-3-4-7-8(10-6)11-9(12)13-7/h3-5H,1-2H3,(H,10,11,12). The van der Waals surface area contributed by atoms with Crippen LogP contribution in [0, 0.1) is 0 Å². The van der Waals surface area contributed by atoms with E-state index in [9.17, 15) is 4.79 Å². The van der Waals surface area contributed by atoms with E-state index in [-0.39, 0.29) is 0 Å². The van der Waals surface area contributed by atoms with Crippen molar-refractivity contribution >= 4 is 11.2 Å². The molecular formula is C9H10N2O2. The Bertz CT molecular complexity index is 482. The Morgan fingerprint density at radius 1 is 1.46 bits per heavy atom. The van der Waals surface area contributed by atoms with E-state index < -0.39 is 5.76 Å². The molecule has 0 atom stereocenters. The Balaban J connectivity index is 2.68. The highest BCUT2D eigenvalue weighted by Crippen LogP contribution is 2.14. The first-order valence-corrected chi connectivity index (χ1v) is 4.16. The van der Waals surface area contributed by atoms with Gasteiger partial charge in [-0.2, -0.15) is 0 Å². The molecular weight excluding hydrogens is 168 g/mol. The Morgan fingerprint density at radius 2 is 2.23 bits per heavy atom. The molecule has 0 unspecified atom stereocenters. The quantitative estimate of drug-likeness (QED) is 0.722. The van der Waals surface area contributed by atoms with Crippen molar-refractivity contribution in [3.8, 4) is 0 Å². The third kappa shape index (κ3) is 1.35. The second-order valence-corrected chi connectivity index (χ2v) is 3.25. The van der Waals surface area contributed by atoms with E-state index in [1.165, 1.54) is 0 Å². The number of fused-ring (bicyclic) bond motifs is 1. The van der Waals surface area contributed by atoms with Gasteiger partial charge in [-0.3, -0.25) is 4.98 Å². The lowest BCUT2D eigenvalue weighted by Gasteiger charge is -2.01. The van der Waals surface area contributed by atoms with Gasteiger partial charge in [0, 0.05) is 5.69 Å². The number of aromatic nitrogens is 2. The second-order valence-electron chi connectivity index (χ2n) is 3.25. The van der Waals surface area contributed by atoms with E-state index in [4.69, 9.17) is 4.42 Å². The summed E-state index contributed by atoms with van der Waals surface area (Å²) in [4.78, 5) is 17.6. The lowest BCUT2D eigenvalue weighted by Crippen LogP contribution is -1.95. The number of rotatable bonds is 1. The summed E-state index contributed by atoms with van der Waals surface area (Å²) < 4.78 is 4.83. The van der Waals surface area contributed by atoms with Crippen LogP contribution in [0.15, 0.2) is 21.3 Å². The van der Waals surface area contributed by atoms with Crippen LogP contribution in [0.1, 0.15) is 25.5 Å². The predicted octanol–water partition coefficient (Wildman–Crippen LogP) is 1.64. The molecule has 4 heteroatoms. The van der Waals surface area contributed by atoms with Crippen LogP contribution in [0.3, 0.4) is 0 Å². The van der Waals surface area contributed by atoms with Crippen molar-refractivity contribution in [1.82, 2.24) is 9.97 Å². The van der Waals surface area contributed by atoms with Gasteiger partial charge in [0.2, 0.25) is 0 Å². The maximum atomic E-state index is 10.8. The third-order valence-corrected chi connectivity index (χ3v) is 1.89. The molecule has 0 radical (unpaired) electrons. The van der Waals surface area contributed by atoms with Gasteiger partial charge in [0.05, 0.1) is 0 Å². The van der Waals surface area contributed by atoms with Gasteiger partial charge >= 0.3 is 5.76 Å². The summed E-state index contributed by atoms with van der Waals surface area (Å²) in [5, 5.41) is 0. The summed E-state index contributed by atoms with van der Waals surface area (Å²) in [5.74, 6) is -0.105. The fourth-order valence-electron chi connectivity index (χ4n) is 1.18. The minimum atomic E-state index is -0.455. The molecule has 0 aliphatic carbocycles. The van der Waals surface area contributed by atoms with Gasteiger partial charge in [-0.1, -0.05) is 13.8 Å². The molecule has 0 bridgehead atoms. The highest BCUT2D eigenvalue weighted by molar-refractivity contribution is 5.66. The topological polar surface area (TPSA) is 58.9 Å². The Morgan fingerprint density at radius 3 is 2.92 bits per heavy atom. The molecule has 0 aliphatic heterocycles. The molecule has 0 aromatic carbocycles. The second kappa shape index (κ2) is 2.73. The Labute approximate surface area is 74.6 Å². The number of hydrogen-bond acceptors (Lipinski definition) is 3. The predicted molar refractivity (Wildman–Crippen MR) is 48.7 cm³/mol. The zero-order valence-electron chi connectivity index (χ0n) is 7.50. The molecule has 4 nitrogen and oxygen atoms in total. The lowest BCUT2D eigenvalue weighted by atomic mass is 10.1. The van der Waals surface area contributed by atoms with Gasteiger partial charge in [0.25, 0.3) is 0 Å². The van der Waals surface area contributed by atoms with Gasteiger partial charge in [0.15, 0.2) is 11.2 Å². The first-order valence-electron chi connectivity index (χ1n) is 4.16. The highest BCUT2D eigenvalue weighted by Gasteiger charge is 2.05. The van der Waals surface area contributed by atoms with Crippen LogP contribution in [-0.4, -0.2) is 9.97 Å². The van der Waals surface area contributed by atoms with Crippen LogP contribution in [-0.2, 0) is 0 Å². The molecule has 13 heavy (non-hydrogen) atoms. The van der Waals surface area contributed by atoms with E-state index in [0.29, 0.717) is 17.1 Å². The van der Waals surface area contributed by atoms with Crippen molar-refractivity contribution in [3.05, 3.63) is 28.4 Å². The van der Waals surface area contributed by atoms with Gasteiger partial charge < -0.3 is 4.42 Å². The zero-order chi connectivity index (χ0) is 9.42. The van der Waals surface area contributed by atoms with Gasteiger partial charge in [-0.05, 0) is 18.1 Å². The molecule has 2 aromatic rings. The number of nitrogens with zero attached hydrogens (tertiary/aromatic N) is 1. The zero-order valence-corrected chi connectivity index (χ0v) is 7.50. The average Bonchev–Trinajstić information content (AvgIpc) is 2.42. The first-order chi connectivity index (χ1) is 6.16. The van der Waals surface area contributed by atoms with Crippen LogP contribution in [0.2, 0.25) is 0 Å². The number of pyridine rings is 1. The molecule has 68 valence electrons. The van der Waals surface area contributed by atoms with Crippen molar-refractivity contribution in [1.29, 1.82) is 0 Å². The average molecular weight is 178 g/mol. The molecule has 0 saturated carbocycles. The number of hydrogen-bond donors (Lipinski definition) is 1. The van der Waals surface area contributed by atoms with Crippen LogP contribution in [0.5, 0.6) is 0 Å². The SMILES string of the molecule is CC(C)c1ccc2oc(=O)[nH]c2n1. The van der Waals surface area contributed by atoms with Gasteiger partial charge in [-0.25, -0.2) is 9.78 Å². The third-order valence-electron chi connectivity index (χ3n) is 1.89. The molecule has 0 fully saturated rings. The smallest absolute Gasteiger partial charge is 0.406 e. The Hall–Kier alpha value is -1.58. The number of aromatic amines is 1. The summed E-state index contributed by atoms with van der Waals surface area (Å²) in [6.45, 7) is 4.10. The van der Waals surface area contributed by atoms with Crippen LogP contribution in [0.25, 0.3) is 11.2 Å². The van der Waals surface area contributed by atoms with Crippen molar-refractivity contribution in [2.75, 3.05) is 0 Å². The normalized spacial score (nSPS) is 11.3. The van der Waals surface area contributed by atoms with Gasteiger partial charge in [-0.15, -0.1) is 0 Å². The van der Waals surface area contributed by atoms with E-state index in [1.54, 1.807) is 6.07 Å². The van der Waals surface area contributed by atoms with E-state index in [1.807, 2.05) is 19.9 Å². The Kier molecular flexibility index (Phi) is 1.69. The van der Waals surface area contributed by atoms with E-state index in [2.05, 4.69) is 9.97 Å². The summed E-state index contributed by atoms with van der Waals surface area (Å²) in [7, 11) is 0. The number of oxazole rings is 1. The molecule has 0 amide bonds. The summed E-state index contributed by atoms with van der Waals surface area (Å²) in [5.41, 5.74) is 1.98. The minimum absolute atomic E-state index is 0.350. The summed E-state index contributed by atoms with van der Waals surface area (Å²) in [6, 6.07) is 3.62. The van der Waals surface area contributed by atoms with Crippen molar-refractivity contribution < 1.29 is 4.42 Å².